The first kappa shape index (κ1) is 14.9. The van der Waals surface area contributed by atoms with Crippen molar-refractivity contribution in [3.63, 3.8) is 0 Å². The van der Waals surface area contributed by atoms with E-state index in [-0.39, 0.29) is 11.1 Å². The fraction of sp³-hybridized carbons (Fsp3) is 0.214. The van der Waals surface area contributed by atoms with Crippen LogP contribution < -0.4 is 10.9 Å². The molecule has 6 nitrogen and oxygen atoms in total. The monoisotopic (exact) mass is 291 g/mol. The number of anilines is 1. The number of aromatic nitrogens is 2. The van der Waals surface area contributed by atoms with Crippen molar-refractivity contribution < 1.29 is 13.9 Å². The number of rotatable bonds is 5. The van der Waals surface area contributed by atoms with E-state index >= 15 is 0 Å². The normalized spacial score (nSPS) is 10.4. The number of ether oxygens (including phenoxy) is 1. The second-order valence-corrected chi connectivity index (χ2v) is 4.25. The van der Waals surface area contributed by atoms with Crippen molar-refractivity contribution >= 4 is 11.6 Å². The van der Waals surface area contributed by atoms with Crippen LogP contribution in [-0.2, 0) is 11.3 Å². The second kappa shape index (κ2) is 6.76. The summed E-state index contributed by atoms with van der Waals surface area (Å²) in [6.45, 7) is 0.735. The maximum atomic E-state index is 13.5. The average Bonchev–Trinajstić information content (AvgIpc) is 2.48. The summed E-state index contributed by atoms with van der Waals surface area (Å²) >= 11 is 0. The summed E-state index contributed by atoms with van der Waals surface area (Å²) in [6.07, 6.45) is 3.78. The van der Waals surface area contributed by atoms with E-state index in [4.69, 9.17) is 4.74 Å². The van der Waals surface area contributed by atoms with Gasteiger partial charge in [0.25, 0.3) is 11.5 Å². The van der Waals surface area contributed by atoms with E-state index in [2.05, 4.69) is 10.3 Å². The van der Waals surface area contributed by atoms with Crippen LogP contribution in [0, 0.1) is 5.82 Å². The van der Waals surface area contributed by atoms with Gasteiger partial charge in [-0.1, -0.05) is 0 Å². The molecule has 2 aromatic rings. The summed E-state index contributed by atoms with van der Waals surface area (Å²) in [5.74, 6) is -1.31. The standard InChI is InChI=1S/C14H14FN3O3/c1-21-7-6-18-9-10(2-3-13(18)19)17-14(20)11-4-5-16-8-12(11)15/h2-5,8-9H,6-7H2,1H3,(H,17,20). The number of hydrogen-bond acceptors (Lipinski definition) is 4. The molecule has 1 amide bonds. The number of nitrogens with zero attached hydrogens (tertiary/aromatic N) is 2. The summed E-state index contributed by atoms with van der Waals surface area (Å²) in [4.78, 5) is 27.1. The van der Waals surface area contributed by atoms with Crippen molar-refractivity contribution in [2.75, 3.05) is 19.0 Å². The van der Waals surface area contributed by atoms with E-state index in [1.807, 2.05) is 0 Å². The van der Waals surface area contributed by atoms with Gasteiger partial charge in [0.1, 0.15) is 0 Å². The van der Waals surface area contributed by atoms with Crippen molar-refractivity contribution in [3.8, 4) is 0 Å². The van der Waals surface area contributed by atoms with Crippen molar-refractivity contribution in [2.24, 2.45) is 0 Å². The molecule has 0 bridgehead atoms. The zero-order chi connectivity index (χ0) is 15.2. The van der Waals surface area contributed by atoms with Gasteiger partial charge in [0, 0.05) is 32.1 Å². The molecular weight excluding hydrogens is 277 g/mol. The molecule has 1 N–H and O–H groups in total. The van der Waals surface area contributed by atoms with Crippen LogP contribution in [0.3, 0.4) is 0 Å². The molecule has 0 radical (unpaired) electrons. The Morgan fingerprint density at radius 3 is 2.95 bits per heavy atom. The lowest BCUT2D eigenvalue weighted by Gasteiger charge is -2.09. The number of amides is 1. The molecule has 7 heteroatoms. The second-order valence-electron chi connectivity index (χ2n) is 4.25. The van der Waals surface area contributed by atoms with Gasteiger partial charge >= 0.3 is 0 Å². The Labute approximate surface area is 120 Å². The lowest BCUT2D eigenvalue weighted by molar-refractivity contribution is 0.102. The molecule has 21 heavy (non-hydrogen) atoms. The number of nitrogens with one attached hydrogen (secondary N) is 1. The quantitative estimate of drug-likeness (QED) is 0.900. The fourth-order valence-corrected chi connectivity index (χ4v) is 1.73. The third kappa shape index (κ3) is 3.73. The maximum Gasteiger partial charge on any atom is 0.258 e. The Bertz CT molecular complexity index is 700. The van der Waals surface area contributed by atoms with Crippen molar-refractivity contribution in [3.05, 3.63) is 58.5 Å². The first-order valence-electron chi connectivity index (χ1n) is 6.22. The zero-order valence-electron chi connectivity index (χ0n) is 11.4. The molecule has 0 spiro atoms. The molecule has 0 aromatic carbocycles. The number of halogens is 1. The Morgan fingerprint density at radius 2 is 2.24 bits per heavy atom. The number of hydrogen-bond donors (Lipinski definition) is 1. The van der Waals surface area contributed by atoms with Gasteiger partial charge in [-0.25, -0.2) is 4.39 Å². The minimum absolute atomic E-state index is 0.111. The summed E-state index contributed by atoms with van der Waals surface area (Å²) in [7, 11) is 1.53. The van der Waals surface area contributed by atoms with Crippen LogP contribution in [0.2, 0.25) is 0 Å². The number of carbonyl (C=O) groups is 1. The molecule has 0 aliphatic carbocycles. The van der Waals surface area contributed by atoms with Gasteiger partial charge in [-0.2, -0.15) is 0 Å². The van der Waals surface area contributed by atoms with E-state index in [0.717, 1.165) is 6.20 Å². The third-order valence-electron chi connectivity index (χ3n) is 2.79. The van der Waals surface area contributed by atoms with Crippen LogP contribution in [0.1, 0.15) is 10.4 Å². The minimum Gasteiger partial charge on any atom is -0.383 e. The predicted octanol–water partition coefficient (Wildman–Crippen LogP) is 1.28. The molecule has 2 rings (SSSR count). The van der Waals surface area contributed by atoms with Gasteiger partial charge in [-0.3, -0.25) is 14.6 Å². The molecule has 2 aromatic heterocycles. The van der Waals surface area contributed by atoms with E-state index in [1.165, 1.54) is 42.3 Å². The van der Waals surface area contributed by atoms with Gasteiger partial charge in [0.15, 0.2) is 5.82 Å². The van der Waals surface area contributed by atoms with E-state index < -0.39 is 11.7 Å². The molecule has 0 unspecified atom stereocenters. The molecule has 0 saturated heterocycles. The minimum atomic E-state index is -0.706. The molecule has 2 heterocycles. The predicted molar refractivity (Wildman–Crippen MR) is 74.7 cm³/mol. The lowest BCUT2D eigenvalue weighted by atomic mass is 10.2. The smallest absolute Gasteiger partial charge is 0.258 e. The summed E-state index contributed by atoms with van der Waals surface area (Å²) < 4.78 is 19.8. The molecule has 0 saturated carbocycles. The zero-order valence-corrected chi connectivity index (χ0v) is 11.4. The number of carbonyl (C=O) groups excluding carboxylic acids is 1. The molecule has 110 valence electrons. The average molecular weight is 291 g/mol. The maximum absolute atomic E-state index is 13.5. The van der Waals surface area contributed by atoms with Gasteiger partial charge in [-0.05, 0) is 12.1 Å². The van der Waals surface area contributed by atoms with Crippen molar-refractivity contribution in [1.82, 2.24) is 9.55 Å². The number of methoxy groups -OCH3 is 1. The van der Waals surface area contributed by atoms with Crippen LogP contribution in [-0.4, -0.2) is 29.2 Å². The highest BCUT2D eigenvalue weighted by atomic mass is 19.1. The highest BCUT2D eigenvalue weighted by molar-refractivity contribution is 6.04. The Hall–Kier alpha value is -2.54. The first-order chi connectivity index (χ1) is 10.1. The lowest BCUT2D eigenvalue weighted by Crippen LogP contribution is -2.22. The number of pyridine rings is 2. The SMILES string of the molecule is COCCn1cc(NC(=O)c2ccncc2F)ccc1=O. The fourth-order valence-electron chi connectivity index (χ4n) is 1.73. The Balaban J connectivity index is 2.18. The molecule has 0 aliphatic heterocycles. The molecule has 0 atom stereocenters. The van der Waals surface area contributed by atoms with E-state index in [0.29, 0.717) is 18.8 Å². The van der Waals surface area contributed by atoms with Gasteiger partial charge in [0.2, 0.25) is 0 Å². The van der Waals surface area contributed by atoms with Gasteiger partial charge < -0.3 is 14.6 Å². The first-order valence-corrected chi connectivity index (χ1v) is 6.22. The van der Waals surface area contributed by atoms with Crippen LogP contribution in [0.25, 0.3) is 0 Å². The van der Waals surface area contributed by atoms with Crippen molar-refractivity contribution in [2.45, 2.75) is 6.54 Å². The molecular formula is C14H14FN3O3. The van der Waals surface area contributed by atoms with E-state index in [1.54, 1.807) is 0 Å². The van der Waals surface area contributed by atoms with E-state index in [9.17, 15) is 14.0 Å². The molecule has 0 fully saturated rings. The third-order valence-corrected chi connectivity index (χ3v) is 2.79. The van der Waals surface area contributed by atoms with Crippen LogP contribution >= 0.6 is 0 Å². The largest absolute Gasteiger partial charge is 0.383 e. The Morgan fingerprint density at radius 1 is 1.43 bits per heavy atom. The highest BCUT2D eigenvalue weighted by Gasteiger charge is 2.11. The summed E-state index contributed by atoms with van der Waals surface area (Å²) in [6, 6.07) is 4.07. The van der Waals surface area contributed by atoms with Crippen molar-refractivity contribution in [1.29, 1.82) is 0 Å². The van der Waals surface area contributed by atoms with Crippen LogP contribution in [0.15, 0.2) is 41.6 Å². The summed E-state index contributed by atoms with van der Waals surface area (Å²) in [5.41, 5.74) is 0.0756. The van der Waals surface area contributed by atoms with Crippen LogP contribution in [0.5, 0.6) is 0 Å². The topological polar surface area (TPSA) is 73.2 Å². The van der Waals surface area contributed by atoms with Gasteiger partial charge in [-0.15, -0.1) is 0 Å². The highest BCUT2D eigenvalue weighted by Crippen LogP contribution is 2.09. The van der Waals surface area contributed by atoms with Gasteiger partial charge in [0.05, 0.1) is 24.1 Å². The summed E-state index contributed by atoms with van der Waals surface area (Å²) in [5, 5.41) is 2.54. The van der Waals surface area contributed by atoms with Crippen LogP contribution in [0.4, 0.5) is 10.1 Å². The Kier molecular flexibility index (Phi) is 4.78. The molecule has 0 aliphatic rings.